The van der Waals surface area contributed by atoms with Gasteiger partial charge in [0.2, 0.25) is 0 Å². The van der Waals surface area contributed by atoms with E-state index in [1.165, 1.54) is 17.8 Å². The van der Waals surface area contributed by atoms with E-state index >= 15 is 0 Å². The van der Waals surface area contributed by atoms with Crippen LogP contribution < -0.4 is 9.47 Å². The molecule has 0 aliphatic heterocycles. The summed E-state index contributed by atoms with van der Waals surface area (Å²) in [4.78, 5) is 29.8. The topological polar surface area (TPSA) is 68.3 Å². The van der Waals surface area contributed by atoms with Gasteiger partial charge in [0.25, 0.3) is 0 Å². The van der Waals surface area contributed by atoms with Gasteiger partial charge in [-0.25, -0.2) is 0 Å². The van der Waals surface area contributed by atoms with Crippen molar-refractivity contribution >= 4 is 33.2 Å². The second-order valence-corrected chi connectivity index (χ2v) is 9.96. The zero-order chi connectivity index (χ0) is 24.9. The predicted octanol–water partition coefficient (Wildman–Crippen LogP) is 4.87. The summed E-state index contributed by atoms with van der Waals surface area (Å²) in [6.45, 7) is 3.77. The molecule has 0 radical (unpaired) electrons. The van der Waals surface area contributed by atoms with Crippen molar-refractivity contribution in [2.45, 2.75) is 44.9 Å². The van der Waals surface area contributed by atoms with Crippen molar-refractivity contribution in [2.24, 2.45) is 0 Å². The van der Waals surface area contributed by atoms with E-state index in [4.69, 9.17) is 14.2 Å². The quantitative estimate of drug-likeness (QED) is 0.177. The number of rotatable bonds is 17. The molecule has 1 aromatic carbocycles. The fourth-order valence-electron chi connectivity index (χ4n) is 3.71. The number of ether oxygens (including phenoxy) is 3. The molecule has 0 N–H and O–H groups in total. The van der Waals surface area contributed by atoms with E-state index < -0.39 is 0 Å². The summed E-state index contributed by atoms with van der Waals surface area (Å²) in [5.41, 5.74) is 0. The van der Waals surface area contributed by atoms with Crippen molar-refractivity contribution in [1.29, 1.82) is 0 Å². The number of esters is 1. The number of thiophene rings is 1. The summed E-state index contributed by atoms with van der Waals surface area (Å²) in [7, 11) is 9.55. The minimum Gasteiger partial charge on any atom is -0.493 e. The van der Waals surface area contributed by atoms with Crippen LogP contribution in [0.4, 0.5) is 0 Å². The maximum atomic E-state index is 12.6. The summed E-state index contributed by atoms with van der Waals surface area (Å²) >= 11 is 1.40. The number of ketones is 1. The van der Waals surface area contributed by atoms with Crippen molar-refractivity contribution in [1.82, 2.24) is 9.80 Å². The van der Waals surface area contributed by atoms with Crippen LogP contribution >= 0.6 is 11.3 Å². The minimum absolute atomic E-state index is 0.0502. The Morgan fingerprint density at radius 1 is 0.824 bits per heavy atom. The number of carbonyl (C=O) groups is 2. The molecule has 0 atom stereocenters. The summed E-state index contributed by atoms with van der Waals surface area (Å²) < 4.78 is 16.9. The molecule has 1 aromatic heterocycles. The average Bonchev–Trinajstić information content (AvgIpc) is 3.23. The van der Waals surface area contributed by atoms with Crippen LogP contribution in [-0.4, -0.2) is 83.2 Å². The maximum Gasteiger partial charge on any atom is 0.306 e. The number of hydrogen-bond donors (Lipinski definition) is 0. The number of nitrogens with zero attached hydrogens (tertiary/aromatic N) is 2. The Hall–Kier alpha value is -2.16. The molecule has 0 amide bonds. The Bertz CT molecular complexity index is 871. The molecule has 0 unspecified atom stereocenters. The normalized spacial score (nSPS) is 11.4. The van der Waals surface area contributed by atoms with Gasteiger partial charge in [-0.1, -0.05) is 12.8 Å². The van der Waals surface area contributed by atoms with Crippen LogP contribution in [0.25, 0.3) is 10.1 Å². The van der Waals surface area contributed by atoms with Gasteiger partial charge in [0.05, 0.1) is 32.1 Å². The molecule has 0 fully saturated rings. The highest BCUT2D eigenvalue weighted by Crippen LogP contribution is 2.36. The third-order valence-corrected chi connectivity index (χ3v) is 6.83. The van der Waals surface area contributed by atoms with E-state index in [-0.39, 0.29) is 24.6 Å². The molecule has 0 aliphatic rings. The van der Waals surface area contributed by atoms with Crippen LogP contribution in [0.15, 0.2) is 18.2 Å². The Balaban J connectivity index is 1.60. The largest absolute Gasteiger partial charge is 0.493 e. The first-order valence-corrected chi connectivity index (χ1v) is 12.8. The highest BCUT2D eigenvalue weighted by molar-refractivity contribution is 7.20. The highest BCUT2D eigenvalue weighted by Gasteiger charge is 2.15. The number of carbonyl (C=O) groups excluding carboxylic acids is 2. The van der Waals surface area contributed by atoms with E-state index in [0.29, 0.717) is 23.0 Å². The molecule has 0 saturated heterocycles. The number of hydrogen-bond acceptors (Lipinski definition) is 8. The van der Waals surface area contributed by atoms with E-state index in [0.717, 1.165) is 55.4 Å². The number of fused-ring (bicyclic) bond motifs is 1. The number of benzene rings is 1. The van der Waals surface area contributed by atoms with Crippen LogP contribution in [-0.2, 0) is 9.53 Å². The van der Waals surface area contributed by atoms with E-state index in [1.807, 2.05) is 18.2 Å². The molecule has 2 rings (SSSR count). The second kappa shape index (κ2) is 15.0. The molecule has 8 heteroatoms. The van der Waals surface area contributed by atoms with Gasteiger partial charge in [-0.15, -0.1) is 11.3 Å². The second-order valence-electron chi connectivity index (χ2n) is 8.87. The minimum atomic E-state index is -0.307. The Morgan fingerprint density at radius 3 is 2.21 bits per heavy atom. The lowest BCUT2D eigenvalue weighted by Crippen LogP contribution is -2.24. The monoisotopic (exact) mass is 492 g/mol. The molecule has 0 saturated carbocycles. The van der Waals surface area contributed by atoms with Gasteiger partial charge in [-0.3, -0.25) is 9.59 Å². The molecular weight excluding hydrogens is 452 g/mol. The standard InChI is InChI=1S/C26H40N2O5S/c1-27(2)13-10-15-28(3)14-8-6-7-9-16-33-26(30)12-11-21(29)25-18-20-17-22(31-4)23(32-5)19-24(20)34-25/h17-19H,6-16H2,1-5H3. The molecular formula is C26H40N2O5S. The van der Waals surface area contributed by atoms with Crippen LogP contribution in [0.1, 0.15) is 54.6 Å². The lowest BCUT2D eigenvalue weighted by Gasteiger charge is -2.17. The van der Waals surface area contributed by atoms with Crippen molar-refractivity contribution in [3.8, 4) is 11.5 Å². The summed E-state index contributed by atoms with van der Waals surface area (Å²) in [6, 6.07) is 5.57. The van der Waals surface area contributed by atoms with Crippen molar-refractivity contribution < 1.29 is 23.8 Å². The average molecular weight is 493 g/mol. The summed E-state index contributed by atoms with van der Waals surface area (Å²) in [5, 5.41) is 0.924. The number of unbranched alkanes of at least 4 members (excludes halogenated alkanes) is 3. The van der Waals surface area contributed by atoms with Crippen molar-refractivity contribution in [3.63, 3.8) is 0 Å². The van der Waals surface area contributed by atoms with Crippen LogP contribution in [0.2, 0.25) is 0 Å². The third kappa shape index (κ3) is 9.60. The predicted molar refractivity (Wildman–Crippen MR) is 139 cm³/mol. The van der Waals surface area contributed by atoms with E-state index in [2.05, 4.69) is 30.9 Å². The van der Waals surface area contributed by atoms with Gasteiger partial charge in [0, 0.05) is 17.2 Å². The fourth-order valence-corrected chi connectivity index (χ4v) is 4.75. The van der Waals surface area contributed by atoms with E-state index in [9.17, 15) is 9.59 Å². The molecule has 0 aliphatic carbocycles. The molecule has 190 valence electrons. The SMILES string of the molecule is COc1cc2cc(C(=O)CCC(=O)OCCCCCCN(C)CCCN(C)C)sc2cc1OC. The maximum absolute atomic E-state index is 12.6. The molecule has 2 aromatic rings. The molecule has 34 heavy (non-hydrogen) atoms. The zero-order valence-corrected chi connectivity index (χ0v) is 22.2. The van der Waals surface area contributed by atoms with Gasteiger partial charge < -0.3 is 24.0 Å². The van der Waals surface area contributed by atoms with Gasteiger partial charge in [0.15, 0.2) is 17.3 Å². The zero-order valence-electron chi connectivity index (χ0n) is 21.4. The molecule has 0 spiro atoms. The first kappa shape index (κ1) is 28.1. The third-order valence-electron chi connectivity index (χ3n) is 5.70. The first-order valence-electron chi connectivity index (χ1n) is 12.0. The fraction of sp³-hybridized carbons (Fsp3) is 0.615. The van der Waals surface area contributed by atoms with E-state index in [1.54, 1.807) is 14.2 Å². The van der Waals surface area contributed by atoms with Gasteiger partial charge >= 0.3 is 5.97 Å². The summed E-state index contributed by atoms with van der Waals surface area (Å²) in [6.07, 6.45) is 5.66. The number of methoxy groups -OCH3 is 2. The smallest absolute Gasteiger partial charge is 0.306 e. The lowest BCUT2D eigenvalue weighted by molar-refractivity contribution is -0.143. The molecule has 0 bridgehead atoms. The van der Waals surface area contributed by atoms with Crippen LogP contribution in [0.5, 0.6) is 11.5 Å². The molecule has 1 heterocycles. The Kier molecular flexibility index (Phi) is 12.4. The Labute approximate surface area is 208 Å². The van der Waals surface area contributed by atoms with Crippen molar-refractivity contribution in [3.05, 3.63) is 23.1 Å². The Morgan fingerprint density at radius 2 is 1.50 bits per heavy atom. The first-order chi connectivity index (χ1) is 16.3. The highest BCUT2D eigenvalue weighted by atomic mass is 32.1. The summed E-state index contributed by atoms with van der Waals surface area (Å²) in [5.74, 6) is 0.901. The molecule has 7 nitrogen and oxygen atoms in total. The van der Waals surface area contributed by atoms with Crippen LogP contribution in [0, 0.1) is 0 Å². The van der Waals surface area contributed by atoms with Gasteiger partial charge in [-0.05, 0) is 77.6 Å². The van der Waals surface area contributed by atoms with Crippen LogP contribution in [0.3, 0.4) is 0 Å². The van der Waals surface area contributed by atoms with Gasteiger partial charge in [-0.2, -0.15) is 0 Å². The number of Topliss-reactive ketones (excluding diaryl/α,β-unsaturated/α-hetero) is 1. The van der Waals surface area contributed by atoms with Gasteiger partial charge in [0.1, 0.15) is 0 Å². The lowest BCUT2D eigenvalue weighted by atomic mass is 10.1. The van der Waals surface area contributed by atoms with Crippen molar-refractivity contribution in [2.75, 3.05) is 61.6 Å².